The lowest BCUT2D eigenvalue weighted by Gasteiger charge is -2.32. The van der Waals surface area contributed by atoms with Crippen molar-refractivity contribution in [2.45, 2.75) is 18.9 Å². The number of nitrogens with one attached hydrogen (secondary N) is 1. The second-order valence-corrected chi connectivity index (χ2v) is 6.71. The van der Waals surface area contributed by atoms with Crippen molar-refractivity contribution in [2.75, 3.05) is 13.1 Å². The van der Waals surface area contributed by atoms with Gasteiger partial charge >= 0.3 is 0 Å². The quantitative estimate of drug-likeness (QED) is 0.802. The van der Waals surface area contributed by atoms with Crippen LogP contribution in [0, 0.1) is 17.5 Å². The Labute approximate surface area is 158 Å². The molecule has 8 heteroatoms. The van der Waals surface area contributed by atoms with Gasteiger partial charge in [-0.1, -0.05) is 11.6 Å². The maximum absolute atomic E-state index is 13.7. The summed E-state index contributed by atoms with van der Waals surface area (Å²) in [6.07, 6.45) is 0.937. The second kappa shape index (κ2) is 8.00. The summed E-state index contributed by atoms with van der Waals surface area (Å²) in [5, 5.41) is 3.15. The number of amides is 2. The maximum atomic E-state index is 13.7. The number of halogens is 4. The largest absolute Gasteiger partial charge is 0.349 e. The highest BCUT2D eigenvalue weighted by Gasteiger charge is 2.26. The van der Waals surface area contributed by atoms with Gasteiger partial charge in [0, 0.05) is 29.7 Å². The van der Waals surface area contributed by atoms with Crippen LogP contribution >= 0.6 is 11.6 Å². The smallest absolute Gasteiger partial charge is 0.254 e. The standard InChI is InChI=1S/C19H16ClF3N2O2/c20-12-3-1-11(2-4-12)19(27)25-9-7-13(8-10-25)24-18(26)14-5-6-15(21)17(23)16(14)22/h1-6,13H,7-10H2,(H,24,26). The van der Waals surface area contributed by atoms with Gasteiger partial charge in [-0.2, -0.15) is 0 Å². The van der Waals surface area contributed by atoms with Crippen LogP contribution in [0.15, 0.2) is 36.4 Å². The predicted molar refractivity (Wildman–Crippen MR) is 94.2 cm³/mol. The van der Waals surface area contributed by atoms with E-state index in [1.807, 2.05) is 0 Å². The van der Waals surface area contributed by atoms with E-state index in [9.17, 15) is 22.8 Å². The third kappa shape index (κ3) is 4.24. The van der Waals surface area contributed by atoms with Crippen LogP contribution in [0.4, 0.5) is 13.2 Å². The molecule has 2 amide bonds. The van der Waals surface area contributed by atoms with Crippen LogP contribution in [-0.4, -0.2) is 35.8 Å². The van der Waals surface area contributed by atoms with E-state index in [1.165, 1.54) is 0 Å². The first-order chi connectivity index (χ1) is 12.9. The summed E-state index contributed by atoms with van der Waals surface area (Å²) < 4.78 is 40.0. The Balaban J connectivity index is 1.58. The van der Waals surface area contributed by atoms with E-state index in [1.54, 1.807) is 29.2 Å². The van der Waals surface area contributed by atoms with Crippen molar-refractivity contribution in [3.05, 3.63) is 70.0 Å². The van der Waals surface area contributed by atoms with Gasteiger partial charge in [0.25, 0.3) is 11.8 Å². The summed E-state index contributed by atoms with van der Waals surface area (Å²) in [5.41, 5.74) is -0.0284. The Morgan fingerprint density at radius 3 is 2.22 bits per heavy atom. The molecular formula is C19H16ClF3N2O2. The summed E-state index contributed by atoms with van der Waals surface area (Å²) >= 11 is 5.81. The Bertz CT molecular complexity index is 866. The molecule has 2 aromatic carbocycles. The fourth-order valence-electron chi connectivity index (χ4n) is 2.97. The van der Waals surface area contributed by atoms with E-state index in [0.29, 0.717) is 42.6 Å². The minimum atomic E-state index is -1.67. The third-order valence-corrected chi connectivity index (χ3v) is 4.74. The first-order valence-electron chi connectivity index (χ1n) is 8.36. The molecule has 1 aliphatic rings. The molecule has 1 saturated heterocycles. The van der Waals surface area contributed by atoms with Crippen molar-refractivity contribution in [3.8, 4) is 0 Å². The van der Waals surface area contributed by atoms with E-state index in [0.717, 1.165) is 6.07 Å². The van der Waals surface area contributed by atoms with Gasteiger partial charge in [0.15, 0.2) is 17.5 Å². The Morgan fingerprint density at radius 1 is 0.963 bits per heavy atom. The molecule has 1 aliphatic heterocycles. The molecule has 27 heavy (non-hydrogen) atoms. The van der Waals surface area contributed by atoms with Crippen LogP contribution in [0.5, 0.6) is 0 Å². The molecule has 1 N–H and O–H groups in total. The summed E-state index contributed by atoms with van der Waals surface area (Å²) in [5.74, 6) is -5.48. The van der Waals surface area contributed by atoms with Crippen molar-refractivity contribution in [1.29, 1.82) is 0 Å². The third-order valence-electron chi connectivity index (χ3n) is 4.49. The molecule has 142 valence electrons. The number of rotatable bonds is 3. The first kappa shape index (κ1) is 19.2. The summed E-state index contributed by atoms with van der Waals surface area (Å²) in [6, 6.07) is 7.88. The van der Waals surface area contributed by atoms with Crippen molar-refractivity contribution in [1.82, 2.24) is 10.2 Å². The van der Waals surface area contributed by atoms with Gasteiger partial charge in [0.05, 0.1) is 5.56 Å². The van der Waals surface area contributed by atoms with Crippen LogP contribution in [-0.2, 0) is 0 Å². The molecule has 0 spiro atoms. The molecule has 2 aromatic rings. The van der Waals surface area contributed by atoms with E-state index in [2.05, 4.69) is 5.32 Å². The van der Waals surface area contributed by atoms with E-state index < -0.39 is 28.9 Å². The van der Waals surface area contributed by atoms with E-state index in [-0.39, 0.29) is 11.9 Å². The SMILES string of the molecule is O=C(NC1CCN(C(=O)c2ccc(Cl)cc2)CC1)c1ccc(F)c(F)c1F. The van der Waals surface area contributed by atoms with Crippen LogP contribution in [0.1, 0.15) is 33.6 Å². The molecule has 0 unspecified atom stereocenters. The lowest BCUT2D eigenvalue weighted by atomic mass is 10.0. The lowest BCUT2D eigenvalue weighted by Crippen LogP contribution is -2.46. The van der Waals surface area contributed by atoms with Gasteiger partial charge in [-0.15, -0.1) is 0 Å². The van der Waals surface area contributed by atoms with Crippen LogP contribution in [0.25, 0.3) is 0 Å². The van der Waals surface area contributed by atoms with Gasteiger partial charge in [0.2, 0.25) is 0 Å². The van der Waals surface area contributed by atoms with E-state index in [4.69, 9.17) is 11.6 Å². The molecule has 0 radical (unpaired) electrons. The van der Waals surface area contributed by atoms with Crippen LogP contribution in [0.3, 0.4) is 0 Å². The van der Waals surface area contributed by atoms with Crippen molar-refractivity contribution in [2.24, 2.45) is 0 Å². The zero-order valence-corrected chi connectivity index (χ0v) is 14.9. The Morgan fingerprint density at radius 2 is 1.59 bits per heavy atom. The Hall–Kier alpha value is -2.54. The number of hydrogen-bond donors (Lipinski definition) is 1. The molecular weight excluding hydrogens is 381 g/mol. The molecule has 1 heterocycles. The van der Waals surface area contributed by atoms with Crippen molar-refractivity contribution < 1.29 is 22.8 Å². The molecule has 0 atom stereocenters. The number of carbonyl (C=O) groups excluding carboxylic acids is 2. The highest BCUT2D eigenvalue weighted by molar-refractivity contribution is 6.30. The number of nitrogens with zero attached hydrogens (tertiary/aromatic N) is 1. The molecule has 0 aromatic heterocycles. The van der Waals surface area contributed by atoms with Gasteiger partial charge < -0.3 is 10.2 Å². The molecule has 4 nitrogen and oxygen atoms in total. The van der Waals surface area contributed by atoms with Gasteiger partial charge in [-0.05, 0) is 49.2 Å². The lowest BCUT2D eigenvalue weighted by molar-refractivity contribution is 0.0698. The zero-order valence-electron chi connectivity index (χ0n) is 14.1. The molecule has 0 aliphatic carbocycles. The van der Waals surface area contributed by atoms with Crippen LogP contribution < -0.4 is 5.32 Å². The van der Waals surface area contributed by atoms with Crippen LogP contribution in [0.2, 0.25) is 5.02 Å². The molecule has 1 fully saturated rings. The van der Waals surface area contributed by atoms with Gasteiger partial charge in [-0.25, -0.2) is 13.2 Å². The summed E-state index contributed by atoms with van der Waals surface area (Å²) in [6.45, 7) is 0.819. The zero-order chi connectivity index (χ0) is 19.6. The number of piperidine rings is 1. The highest BCUT2D eigenvalue weighted by Crippen LogP contribution is 2.18. The molecule has 3 rings (SSSR count). The normalized spacial score (nSPS) is 14.9. The van der Waals surface area contributed by atoms with Crippen molar-refractivity contribution in [3.63, 3.8) is 0 Å². The fraction of sp³-hybridized carbons (Fsp3) is 0.263. The average Bonchev–Trinajstić information content (AvgIpc) is 2.67. The second-order valence-electron chi connectivity index (χ2n) is 6.27. The first-order valence-corrected chi connectivity index (χ1v) is 8.74. The van der Waals surface area contributed by atoms with Gasteiger partial charge in [0.1, 0.15) is 0 Å². The maximum Gasteiger partial charge on any atom is 0.254 e. The number of likely N-dealkylation sites (tertiary alicyclic amines) is 1. The number of carbonyl (C=O) groups is 2. The minimum Gasteiger partial charge on any atom is -0.349 e. The predicted octanol–water partition coefficient (Wildman–Crippen LogP) is 3.79. The fourth-order valence-corrected chi connectivity index (χ4v) is 3.09. The highest BCUT2D eigenvalue weighted by atomic mass is 35.5. The molecule has 0 saturated carbocycles. The van der Waals surface area contributed by atoms with Gasteiger partial charge in [-0.3, -0.25) is 9.59 Å². The topological polar surface area (TPSA) is 49.4 Å². The number of benzene rings is 2. The average molecular weight is 397 g/mol. The molecule has 0 bridgehead atoms. The van der Waals surface area contributed by atoms with E-state index >= 15 is 0 Å². The minimum absolute atomic E-state index is 0.136. The summed E-state index contributed by atoms with van der Waals surface area (Å²) in [4.78, 5) is 26.2. The van der Waals surface area contributed by atoms with Crippen molar-refractivity contribution >= 4 is 23.4 Å². The Kier molecular flexibility index (Phi) is 5.70. The monoisotopic (exact) mass is 396 g/mol. The number of hydrogen-bond acceptors (Lipinski definition) is 2. The summed E-state index contributed by atoms with van der Waals surface area (Å²) in [7, 11) is 0.